The molecule has 0 radical (unpaired) electrons. The van der Waals surface area contributed by atoms with Crippen LogP contribution in [0.1, 0.15) is 40.0 Å². The van der Waals surface area contributed by atoms with Crippen LogP contribution in [0.5, 0.6) is 0 Å². The van der Waals surface area contributed by atoms with E-state index >= 15 is 0 Å². The van der Waals surface area contributed by atoms with Gasteiger partial charge >= 0.3 is 0 Å². The fourth-order valence-corrected chi connectivity index (χ4v) is 1.95. The Morgan fingerprint density at radius 1 is 1.35 bits per heavy atom. The molecule has 0 aliphatic carbocycles. The van der Waals surface area contributed by atoms with Crippen molar-refractivity contribution in [2.75, 3.05) is 47.9 Å². The van der Waals surface area contributed by atoms with Crippen LogP contribution in [-0.4, -0.2) is 63.8 Å². The summed E-state index contributed by atoms with van der Waals surface area (Å²) >= 11 is 0. The van der Waals surface area contributed by atoms with Crippen LogP contribution in [0.25, 0.3) is 0 Å². The van der Waals surface area contributed by atoms with Gasteiger partial charge in [-0.05, 0) is 47.0 Å². The third-order valence-electron chi connectivity index (χ3n) is 3.04. The van der Waals surface area contributed by atoms with Crippen LogP contribution in [0.2, 0.25) is 0 Å². The summed E-state index contributed by atoms with van der Waals surface area (Å²) < 4.78 is 4.81. The smallest absolute Gasteiger partial charge is 0.0589 e. The third-order valence-corrected chi connectivity index (χ3v) is 3.04. The van der Waals surface area contributed by atoms with Gasteiger partial charge < -0.3 is 14.5 Å². The fraction of sp³-hybridized carbons (Fsp3) is 1.00. The number of likely N-dealkylation sites (tertiary alicyclic amines) is 1. The highest BCUT2D eigenvalue weighted by Gasteiger charge is 2.18. The second kappa shape index (κ2) is 12.3. The molecule has 1 saturated heterocycles. The van der Waals surface area contributed by atoms with Crippen molar-refractivity contribution in [2.45, 2.75) is 46.1 Å². The molecule has 0 amide bonds. The number of likely N-dealkylation sites (N-methyl/N-ethyl adjacent to an activating group) is 1. The molecular weight excluding hydrogens is 212 g/mol. The van der Waals surface area contributed by atoms with Crippen LogP contribution < -0.4 is 0 Å². The summed E-state index contributed by atoms with van der Waals surface area (Å²) in [6.07, 6.45) is 5.59. The van der Waals surface area contributed by atoms with E-state index in [0.717, 1.165) is 19.2 Å². The predicted molar refractivity (Wildman–Crippen MR) is 77.7 cm³/mol. The number of ether oxygens (including phenoxy) is 1. The lowest BCUT2D eigenvalue weighted by Crippen LogP contribution is -2.24. The third kappa shape index (κ3) is 10.7. The summed E-state index contributed by atoms with van der Waals surface area (Å²) in [5, 5.41) is 0. The van der Waals surface area contributed by atoms with Gasteiger partial charge in [0.05, 0.1) is 6.61 Å². The first-order chi connectivity index (χ1) is 7.61. The second-order valence-corrected chi connectivity index (χ2v) is 4.86. The minimum absolute atomic E-state index is 0. The predicted octanol–water partition coefficient (Wildman–Crippen LogP) is 2.71. The van der Waals surface area contributed by atoms with Gasteiger partial charge in [-0.25, -0.2) is 0 Å². The van der Waals surface area contributed by atoms with Crippen molar-refractivity contribution in [1.82, 2.24) is 9.80 Å². The Balaban J connectivity index is 0. The molecule has 0 saturated carbocycles. The van der Waals surface area contributed by atoms with Crippen molar-refractivity contribution in [1.29, 1.82) is 0 Å². The molecule has 0 aromatic heterocycles. The van der Waals surface area contributed by atoms with E-state index in [-0.39, 0.29) is 7.43 Å². The minimum atomic E-state index is 0. The van der Waals surface area contributed by atoms with Gasteiger partial charge in [0, 0.05) is 19.7 Å². The van der Waals surface area contributed by atoms with Gasteiger partial charge in [-0.15, -0.1) is 0 Å². The van der Waals surface area contributed by atoms with E-state index < -0.39 is 0 Å². The van der Waals surface area contributed by atoms with Crippen molar-refractivity contribution in [2.24, 2.45) is 0 Å². The van der Waals surface area contributed by atoms with Gasteiger partial charge in [0.2, 0.25) is 0 Å². The summed E-state index contributed by atoms with van der Waals surface area (Å²) in [4.78, 5) is 4.58. The topological polar surface area (TPSA) is 15.7 Å². The summed E-state index contributed by atoms with van der Waals surface area (Å²) in [6, 6.07) is 0.912. The van der Waals surface area contributed by atoms with Crippen LogP contribution >= 0.6 is 0 Å². The van der Waals surface area contributed by atoms with Crippen LogP contribution in [0, 0.1) is 0 Å². The maximum atomic E-state index is 4.81. The maximum absolute atomic E-state index is 4.81. The number of hydrogen-bond acceptors (Lipinski definition) is 3. The molecule has 1 unspecified atom stereocenters. The lowest BCUT2D eigenvalue weighted by Gasteiger charge is -2.17. The lowest BCUT2D eigenvalue weighted by atomic mass is 10.1. The highest BCUT2D eigenvalue weighted by molar-refractivity contribution is 4.75. The van der Waals surface area contributed by atoms with Crippen LogP contribution in [0.3, 0.4) is 0 Å². The van der Waals surface area contributed by atoms with E-state index in [1.54, 1.807) is 7.11 Å². The number of rotatable bonds is 5. The standard InChI is InChI=1S/C8H17N.C5H13NO.CH4/c1-3-5-8-6-4-7-9(8)2;1-6(2)4-5-7-3;/h8H,3-7H2,1-2H3;4-5H2,1-3H3;1H4. The molecule has 1 fully saturated rings. The summed E-state index contributed by atoms with van der Waals surface area (Å²) in [5.41, 5.74) is 0. The Morgan fingerprint density at radius 2 is 2.00 bits per heavy atom. The number of methoxy groups -OCH3 is 1. The quantitative estimate of drug-likeness (QED) is 0.742. The van der Waals surface area contributed by atoms with Crippen molar-refractivity contribution < 1.29 is 4.74 Å². The molecule has 1 heterocycles. The normalized spacial score (nSPS) is 19.8. The molecule has 0 bridgehead atoms. The van der Waals surface area contributed by atoms with E-state index in [1.165, 1.54) is 32.2 Å². The lowest BCUT2D eigenvalue weighted by molar-refractivity contribution is 0.172. The summed E-state index contributed by atoms with van der Waals surface area (Å²) in [5.74, 6) is 0. The Kier molecular flexibility index (Phi) is 14.0. The van der Waals surface area contributed by atoms with Crippen LogP contribution in [-0.2, 0) is 4.74 Å². The zero-order valence-electron chi connectivity index (χ0n) is 11.8. The first-order valence-corrected chi connectivity index (χ1v) is 6.45. The summed E-state index contributed by atoms with van der Waals surface area (Å²) in [6.45, 7) is 5.43. The van der Waals surface area contributed by atoms with Crippen molar-refractivity contribution >= 4 is 0 Å². The van der Waals surface area contributed by atoms with E-state index in [1.807, 2.05) is 14.1 Å². The molecule has 17 heavy (non-hydrogen) atoms. The Morgan fingerprint density at radius 3 is 2.29 bits per heavy atom. The monoisotopic (exact) mass is 246 g/mol. The van der Waals surface area contributed by atoms with Crippen molar-refractivity contribution in [3.63, 3.8) is 0 Å². The average Bonchev–Trinajstić information content (AvgIpc) is 2.63. The van der Waals surface area contributed by atoms with Gasteiger partial charge in [0.1, 0.15) is 0 Å². The first-order valence-electron chi connectivity index (χ1n) is 6.45. The molecule has 0 N–H and O–H groups in total. The molecule has 1 atom stereocenters. The molecule has 3 heteroatoms. The molecule has 0 spiro atoms. The Labute approximate surface area is 109 Å². The SMILES string of the molecule is C.CCCC1CCCN1C.COCCN(C)C. The molecule has 106 valence electrons. The van der Waals surface area contributed by atoms with Crippen molar-refractivity contribution in [3.8, 4) is 0 Å². The second-order valence-electron chi connectivity index (χ2n) is 4.86. The fourth-order valence-electron chi connectivity index (χ4n) is 1.95. The van der Waals surface area contributed by atoms with E-state index in [9.17, 15) is 0 Å². The van der Waals surface area contributed by atoms with E-state index in [2.05, 4.69) is 23.8 Å². The number of hydrogen-bond donors (Lipinski definition) is 0. The van der Waals surface area contributed by atoms with E-state index in [4.69, 9.17) is 4.74 Å². The maximum Gasteiger partial charge on any atom is 0.0589 e. The van der Waals surface area contributed by atoms with Crippen LogP contribution in [0.15, 0.2) is 0 Å². The van der Waals surface area contributed by atoms with Gasteiger partial charge in [-0.3, -0.25) is 0 Å². The Hall–Kier alpha value is -0.120. The highest BCUT2D eigenvalue weighted by atomic mass is 16.5. The van der Waals surface area contributed by atoms with Crippen molar-refractivity contribution in [3.05, 3.63) is 0 Å². The largest absolute Gasteiger partial charge is 0.383 e. The van der Waals surface area contributed by atoms with Crippen LogP contribution in [0.4, 0.5) is 0 Å². The van der Waals surface area contributed by atoms with Gasteiger partial charge in [-0.2, -0.15) is 0 Å². The van der Waals surface area contributed by atoms with Gasteiger partial charge in [0.25, 0.3) is 0 Å². The van der Waals surface area contributed by atoms with Gasteiger partial charge in [0.15, 0.2) is 0 Å². The molecule has 1 aliphatic rings. The first kappa shape index (κ1) is 19.2. The Bertz CT molecular complexity index is 151. The molecule has 3 nitrogen and oxygen atoms in total. The average molecular weight is 246 g/mol. The van der Waals surface area contributed by atoms with Gasteiger partial charge in [-0.1, -0.05) is 20.8 Å². The van der Waals surface area contributed by atoms with E-state index in [0.29, 0.717) is 0 Å². The molecule has 0 aromatic carbocycles. The molecule has 0 aromatic rings. The molecule has 1 rings (SSSR count). The highest BCUT2D eigenvalue weighted by Crippen LogP contribution is 2.18. The summed E-state index contributed by atoms with van der Waals surface area (Å²) in [7, 11) is 8.01. The molecular formula is C14H34N2O. The minimum Gasteiger partial charge on any atom is -0.383 e. The number of nitrogens with zero attached hydrogens (tertiary/aromatic N) is 2. The molecule has 1 aliphatic heterocycles. The zero-order chi connectivity index (χ0) is 12.4. The zero-order valence-corrected chi connectivity index (χ0v) is 11.8.